The van der Waals surface area contributed by atoms with Gasteiger partial charge < -0.3 is 0 Å². The van der Waals surface area contributed by atoms with Gasteiger partial charge in [0, 0.05) is 27.6 Å². The third-order valence-corrected chi connectivity index (χ3v) is 9.92. The van der Waals surface area contributed by atoms with Crippen LogP contribution in [0.25, 0.3) is 99.8 Å². The summed E-state index contributed by atoms with van der Waals surface area (Å²) < 4.78 is 0. The fourth-order valence-corrected chi connectivity index (χ4v) is 7.38. The zero-order chi connectivity index (χ0) is 34.4. The van der Waals surface area contributed by atoms with E-state index in [0.29, 0.717) is 17.5 Å². The molecule has 0 amide bonds. The van der Waals surface area contributed by atoms with Gasteiger partial charge in [-0.1, -0.05) is 170 Å². The molecule has 4 nitrogen and oxygen atoms in total. The van der Waals surface area contributed by atoms with Crippen molar-refractivity contribution in [2.75, 3.05) is 0 Å². The van der Waals surface area contributed by atoms with Gasteiger partial charge >= 0.3 is 0 Å². The van der Waals surface area contributed by atoms with Gasteiger partial charge in [0.05, 0.1) is 11.2 Å². The van der Waals surface area contributed by atoms with Crippen LogP contribution in [0.3, 0.4) is 0 Å². The molecule has 0 bridgehead atoms. The normalized spacial score (nSPS) is 11.5. The van der Waals surface area contributed by atoms with E-state index >= 15 is 0 Å². The third-order valence-electron chi connectivity index (χ3n) is 9.92. The highest BCUT2D eigenvalue weighted by atomic mass is 15.0. The van der Waals surface area contributed by atoms with Gasteiger partial charge in [-0.2, -0.15) is 0 Å². The first kappa shape index (κ1) is 29.8. The molecule has 0 unspecified atom stereocenters. The molecule has 0 aliphatic carbocycles. The van der Waals surface area contributed by atoms with Crippen LogP contribution in [0, 0.1) is 0 Å². The van der Waals surface area contributed by atoms with Crippen molar-refractivity contribution in [3.8, 4) is 56.5 Å². The summed E-state index contributed by atoms with van der Waals surface area (Å²) in [5.41, 5.74) is 8.09. The van der Waals surface area contributed by atoms with E-state index in [1.54, 1.807) is 0 Å². The van der Waals surface area contributed by atoms with Gasteiger partial charge in [-0.15, -0.1) is 0 Å². The molecule has 0 saturated carbocycles. The summed E-state index contributed by atoms with van der Waals surface area (Å²) in [5.74, 6) is 1.91. The van der Waals surface area contributed by atoms with Crippen molar-refractivity contribution < 1.29 is 0 Å². The second-order valence-corrected chi connectivity index (χ2v) is 13.0. The average molecular weight is 663 g/mol. The molecule has 0 aliphatic heterocycles. The molecule has 0 fully saturated rings. The highest BCUT2D eigenvalue weighted by Crippen LogP contribution is 2.37. The van der Waals surface area contributed by atoms with Crippen molar-refractivity contribution >= 4 is 43.2 Å². The first-order chi connectivity index (χ1) is 25.8. The molecule has 0 radical (unpaired) electrons. The Kier molecular flexibility index (Phi) is 7.10. The number of fused-ring (bicyclic) bond motifs is 5. The number of nitrogens with zero attached hydrogens (tertiary/aromatic N) is 4. The number of pyridine rings is 1. The number of aromatic nitrogens is 4. The van der Waals surface area contributed by atoms with Crippen LogP contribution in [0.4, 0.5) is 0 Å². The van der Waals surface area contributed by atoms with Crippen molar-refractivity contribution in [1.82, 2.24) is 19.9 Å². The number of benzene rings is 8. The van der Waals surface area contributed by atoms with Crippen LogP contribution in [0.1, 0.15) is 0 Å². The number of hydrogen-bond acceptors (Lipinski definition) is 4. The molecule has 10 rings (SSSR count). The number of hydrogen-bond donors (Lipinski definition) is 0. The van der Waals surface area contributed by atoms with E-state index < -0.39 is 0 Å². The Balaban J connectivity index is 1.13. The standard InChI is InChI=1S/C48H30N4/c1-2-12-33(13-3-1)42-30-44(49-43-29-28-34-16-6-9-21-39(34)45(42)43)35-24-26-36(27-25-35)46-50-47(40-22-10-17-31-14-4-7-19-37(31)40)52-48(51-46)41-23-11-18-32-15-5-8-20-38(32)41/h1-30H. The van der Waals surface area contributed by atoms with E-state index in [1.165, 1.54) is 16.3 Å². The van der Waals surface area contributed by atoms with Gasteiger partial charge in [-0.3, -0.25) is 0 Å². The molecule has 0 N–H and O–H groups in total. The maximum atomic E-state index is 5.21. The minimum Gasteiger partial charge on any atom is -0.248 e. The molecule has 52 heavy (non-hydrogen) atoms. The van der Waals surface area contributed by atoms with E-state index in [2.05, 4.69) is 182 Å². The predicted molar refractivity (Wildman–Crippen MR) is 215 cm³/mol. The van der Waals surface area contributed by atoms with Gasteiger partial charge in [0.2, 0.25) is 0 Å². The SMILES string of the molecule is c1ccc(-c2cc(-c3ccc(-c4nc(-c5cccc6ccccc56)nc(-c5cccc6ccccc56)n4)cc3)nc3ccc4ccccc4c23)cc1. The second-order valence-electron chi connectivity index (χ2n) is 13.0. The molecule has 10 aromatic rings. The highest BCUT2D eigenvalue weighted by Gasteiger charge is 2.17. The van der Waals surface area contributed by atoms with Crippen LogP contribution in [-0.2, 0) is 0 Å². The average Bonchev–Trinajstić information content (AvgIpc) is 3.23. The molecule has 242 valence electrons. The largest absolute Gasteiger partial charge is 0.248 e. The Hall–Kier alpha value is -7.04. The van der Waals surface area contributed by atoms with Crippen molar-refractivity contribution in [2.45, 2.75) is 0 Å². The topological polar surface area (TPSA) is 51.6 Å². The maximum Gasteiger partial charge on any atom is 0.164 e. The molecular formula is C48H30N4. The van der Waals surface area contributed by atoms with Crippen LogP contribution in [0.15, 0.2) is 182 Å². The lowest BCUT2D eigenvalue weighted by Gasteiger charge is -2.14. The van der Waals surface area contributed by atoms with Crippen LogP contribution >= 0.6 is 0 Å². The first-order valence-electron chi connectivity index (χ1n) is 17.5. The smallest absolute Gasteiger partial charge is 0.164 e. The Bertz CT molecular complexity index is 2840. The molecule has 0 spiro atoms. The molecule has 2 heterocycles. The van der Waals surface area contributed by atoms with Gasteiger partial charge in [0.15, 0.2) is 17.5 Å². The monoisotopic (exact) mass is 662 g/mol. The van der Waals surface area contributed by atoms with Gasteiger partial charge in [-0.05, 0) is 55.6 Å². The number of rotatable bonds is 5. The van der Waals surface area contributed by atoms with Crippen LogP contribution in [0.2, 0.25) is 0 Å². The van der Waals surface area contributed by atoms with Gasteiger partial charge in [0.1, 0.15) is 0 Å². The summed E-state index contributed by atoms with van der Waals surface area (Å²) in [6, 6.07) is 63.4. The first-order valence-corrected chi connectivity index (χ1v) is 17.5. The zero-order valence-corrected chi connectivity index (χ0v) is 28.1. The fraction of sp³-hybridized carbons (Fsp3) is 0. The van der Waals surface area contributed by atoms with E-state index in [-0.39, 0.29) is 0 Å². The van der Waals surface area contributed by atoms with Crippen molar-refractivity contribution in [3.63, 3.8) is 0 Å². The maximum absolute atomic E-state index is 5.21. The Labute approximate surface area is 300 Å². The highest BCUT2D eigenvalue weighted by molar-refractivity contribution is 6.13. The van der Waals surface area contributed by atoms with E-state index in [1.807, 2.05) is 0 Å². The lowest BCUT2D eigenvalue weighted by molar-refractivity contribution is 1.08. The fourth-order valence-electron chi connectivity index (χ4n) is 7.38. The molecule has 0 atom stereocenters. The predicted octanol–water partition coefficient (Wildman–Crippen LogP) is 12.2. The quantitative estimate of drug-likeness (QED) is 0.172. The molecule has 4 heteroatoms. The minimum atomic E-state index is 0.621. The Morgan fingerprint density at radius 1 is 0.288 bits per heavy atom. The van der Waals surface area contributed by atoms with Gasteiger partial charge in [0.25, 0.3) is 0 Å². The van der Waals surface area contributed by atoms with Gasteiger partial charge in [-0.25, -0.2) is 19.9 Å². The van der Waals surface area contributed by atoms with Crippen LogP contribution < -0.4 is 0 Å². The summed E-state index contributed by atoms with van der Waals surface area (Å²) in [5, 5.41) is 8.06. The molecule has 2 aromatic heterocycles. The summed E-state index contributed by atoms with van der Waals surface area (Å²) >= 11 is 0. The van der Waals surface area contributed by atoms with Crippen molar-refractivity contribution in [2.24, 2.45) is 0 Å². The molecule has 0 saturated heterocycles. The Morgan fingerprint density at radius 3 is 1.42 bits per heavy atom. The zero-order valence-electron chi connectivity index (χ0n) is 28.1. The Morgan fingerprint density at radius 2 is 0.788 bits per heavy atom. The molecular weight excluding hydrogens is 633 g/mol. The van der Waals surface area contributed by atoms with Crippen LogP contribution in [0.5, 0.6) is 0 Å². The summed E-state index contributed by atoms with van der Waals surface area (Å²) in [6.07, 6.45) is 0. The molecule has 0 aliphatic rings. The van der Waals surface area contributed by atoms with E-state index in [9.17, 15) is 0 Å². The summed E-state index contributed by atoms with van der Waals surface area (Å²) in [6.45, 7) is 0. The summed E-state index contributed by atoms with van der Waals surface area (Å²) in [4.78, 5) is 20.6. The van der Waals surface area contributed by atoms with Crippen molar-refractivity contribution in [1.29, 1.82) is 0 Å². The third kappa shape index (κ3) is 5.17. The molecule has 8 aromatic carbocycles. The second kappa shape index (κ2) is 12.4. The van der Waals surface area contributed by atoms with E-state index in [0.717, 1.165) is 66.0 Å². The lowest BCUT2D eigenvalue weighted by atomic mass is 9.94. The van der Waals surface area contributed by atoms with E-state index in [4.69, 9.17) is 19.9 Å². The van der Waals surface area contributed by atoms with Crippen molar-refractivity contribution in [3.05, 3.63) is 182 Å². The minimum absolute atomic E-state index is 0.621. The lowest BCUT2D eigenvalue weighted by Crippen LogP contribution is -2.01. The van der Waals surface area contributed by atoms with Crippen LogP contribution in [-0.4, -0.2) is 19.9 Å². The summed E-state index contributed by atoms with van der Waals surface area (Å²) in [7, 11) is 0.